The molecular formula is C15H26ClNO. The number of nitrogens with zero attached hydrogens (tertiary/aromatic N) is 1. The molecule has 0 aliphatic heterocycles. The van der Waals surface area contributed by atoms with Gasteiger partial charge in [0.05, 0.1) is 0 Å². The maximum Gasteiger partial charge on any atom is 0.182 e. The van der Waals surface area contributed by atoms with Crippen LogP contribution in [0.15, 0.2) is 10.8 Å². The minimum atomic E-state index is 0.0529. The highest BCUT2D eigenvalue weighted by Gasteiger charge is 2.31. The van der Waals surface area contributed by atoms with Crippen molar-refractivity contribution in [3.8, 4) is 0 Å². The topological polar surface area (TPSA) is 26.0 Å². The van der Waals surface area contributed by atoms with E-state index >= 15 is 0 Å². The normalized spacial score (nSPS) is 14.7. The number of hydrogen-bond acceptors (Lipinski definition) is 2. The van der Waals surface area contributed by atoms with Crippen molar-refractivity contribution in [2.75, 3.05) is 0 Å². The second-order valence-electron chi connectivity index (χ2n) is 5.45. The second kappa shape index (κ2) is 7.83. The van der Waals surface area contributed by atoms with E-state index in [4.69, 9.17) is 16.0 Å². The van der Waals surface area contributed by atoms with Crippen molar-refractivity contribution >= 4 is 11.6 Å². The predicted molar refractivity (Wildman–Crippen MR) is 77.1 cm³/mol. The minimum absolute atomic E-state index is 0.0529. The zero-order valence-corrected chi connectivity index (χ0v) is 12.7. The summed E-state index contributed by atoms with van der Waals surface area (Å²) < 4.78 is 5.54. The van der Waals surface area contributed by atoms with Gasteiger partial charge in [-0.2, -0.15) is 0 Å². The van der Waals surface area contributed by atoms with Gasteiger partial charge in [-0.1, -0.05) is 70.9 Å². The fraction of sp³-hybridized carbons (Fsp3) is 0.800. The van der Waals surface area contributed by atoms with Gasteiger partial charge in [-0.15, -0.1) is 0 Å². The van der Waals surface area contributed by atoms with E-state index in [2.05, 4.69) is 25.8 Å². The van der Waals surface area contributed by atoms with Gasteiger partial charge >= 0.3 is 0 Å². The molecule has 1 rings (SSSR count). The molecule has 1 aromatic heterocycles. The number of oxazole rings is 1. The van der Waals surface area contributed by atoms with Crippen LogP contribution in [0, 0.1) is 0 Å². The van der Waals surface area contributed by atoms with Crippen LogP contribution in [-0.4, -0.2) is 4.98 Å². The lowest BCUT2D eigenvalue weighted by Gasteiger charge is -2.27. The van der Waals surface area contributed by atoms with Crippen molar-refractivity contribution in [3.63, 3.8) is 0 Å². The van der Waals surface area contributed by atoms with Crippen LogP contribution in [-0.2, 0) is 5.41 Å². The minimum Gasteiger partial charge on any atom is -0.446 e. The molecule has 0 saturated carbocycles. The molecular weight excluding hydrogens is 246 g/mol. The highest BCUT2D eigenvalue weighted by Crippen LogP contribution is 2.38. The van der Waals surface area contributed by atoms with Crippen molar-refractivity contribution < 1.29 is 4.42 Å². The zero-order valence-electron chi connectivity index (χ0n) is 12.0. The molecule has 0 amide bonds. The van der Waals surface area contributed by atoms with Crippen LogP contribution >= 0.6 is 11.6 Å². The van der Waals surface area contributed by atoms with Gasteiger partial charge in [-0.25, -0.2) is 4.98 Å². The van der Waals surface area contributed by atoms with Crippen molar-refractivity contribution in [1.82, 2.24) is 4.98 Å². The average Bonchev–Trinajstić information content (AvgIpc) is 2.79. The van der Waals surface area contributed by atoms with Gasteiger partial charge in [-0.3, -0.25) is 0 Å². The van der Waals surface area contributed by atoms with Gasteiger partial charge in [0.2, 0.25) is 0 Å². The van der Waals surface area contributed by atoms with Crippen LogP contribution in [0.2, 0.25) is 5.15 Å². The molecule has 18 heavy (non-hydrogen) atoms. The van der Waals surface area contributed by atoms with Gasteiger partial charge in [0.15, 0.2) is 11.5 Å². The first-order valence-corrected chi connectivity index (χ1v) is 7.61. The Balaban J connectivity index is 2.66. The molecule has 1 aromatic rings. The van der Waals surface area contributed by atoms with Gasteiger partial charge in [0.25, 0.3) is 0 Å². The smallest absolute Gasteiger partial charge is 0.182 e. The van der Waals surface area contributed by atoms with Gasteiger partial charge in [-0.05, 0) is 12.8 Å². The first-order chi connectivity index (χ1) is 8.64. The van der Waals surface area contributed by atoms with Crippen LogP contribution < -0.4 is 0 Å². The number of halogens is 1. The lowest BCUT2D eigenvalue weighted by atomic mass is 9.78. The molecule has 0 aliphatic carbocycles. The summed E-state index contributed by atoms with van der Waals surface area (Å²) in [5, 5.41) is 0.545. The molecule has 1 heterocycles. The summed E-state index contributed by atoms with van der Waals surface area (Å²) in [6.45, 7) is 6.73. The van der Waals surface area contributed by atoms with Crippen LogP contribution in [0.5, 0.6) is 0 Å². The second-order valence-corrected chi connectivity index (χ2v) is 5.81. The molecule has 104 valence electrons. The Morgan fingerprint density at radius 2 is 1.78 bits per heavy atom. The Morgan fingerprint density at radius 1 is 1.11 bits per heavy atom. The number of unbranched alkanes of at least 4 members (excludes halogenated alkanes) is 4. The average molecular weight is 272 g/mol. The summed E-state index contributed by atoms with van der Waals surface area (Å²) in [6.07, 6.45) is 11.3. The maximum absolute atomic E-state index is 6.14. The maximum atomic E-state index is 6.14. The van der Waals surface area contributed by atoms with Crippen LogP contribution in [0.25, 0.3) is 0 Å². The van der Waals surface area contributed by atoms with Crippen molar-refractivity contribution in [2.24, 2.45) is 0 Å². The largest absolute Gasteiger partial charge is 0.446 e. The Hall–Kier alpha value is -0.500. The van der Waals surface area contributed by atoms with E-state index in [0.29, 0.717) is 5.15 Å². The number of hydrogen-bond donors (Lipinski definition) is 0. The molecule has 0 aliphatic rings. The zero-order chi connectivity index (χ0) is 13.4. The number of aromatic nitrogens is 1. The summed E-state index contributed by atoms with van der Waals surface area (Å²) in [7, 11) is 0. The number of rotatable bonds is 9. The van der Waals surface area contributed by atoms with Crippen LogP contribution in [0.1, 0.15) is 77.9 Å². The van der Waals surface area contributed by atoms with Crippen LogP contribution in [0.3, 0.4) is 0 Å². The summed E-state index contributed by atoms with van der Waals surface area (Å²) in [5.41, 5.74) is 0.0529. The first-order valence-electron chi connectivity index (χ1n) is 7.23. The fourth-order valence-electron chi connectivity index (χ4n) is 2.48. The molecule has 0 radical (unpaired) electrons. The molecule has 0 saturated heterocycles. The molecule has 1 atom stereocenters. The first kappa shape index (κ1) is 15.6. The third-order valence-corrected chi connectivity index (χ3v) is 4.01. The van der Waals surface area contributed by atoms with E-state index in [-0.39, 0.29) is 5.41 Å². The third-order valence-electron chi connectivity index (χ3n) is 3.74. The van der Waals surface area contributed by atoms with E-state index in [0.717, 1.165) is 18.6 Å². The quantitative estimate of drug-likeness (QED) is 0.535. The van der Waals surface area contributed by atoms with E-state index in [1.165, 1.54) is 44.9 Å². The highest BCUT2D eigenvalue weighted by molar-refractivity contribution is 6.30. The lowest BCUT2D eigenvalue weighted by Crippen LogP contribution is -2.22. The standard InChI is InChI=1S/C15H26ClNO/c1-4-6-8-9-11-15(3,10-7-5-2)13-14(16)17-12-18-13/h12H,4-11H2,1-3H3. The summed E-state index contributed by atoms with van der Waals surface area (Å²) in [6, 6.07) is 0. The predicted octanol–water partition coefficient (Wildman–Crippen LogP) is 5.75. The van der Waals surface area contributed by atoms with E-state index in [1.807, 2.05) is 0 Å². The molecule has 3 heteroatoms. The molecule has 0 aromatic carbocycles. The van der Waals surface area contributed by atoms with E-state index in [9.17, 15) is 0 Å². The molecule has 2 nitrogen and oxygen atoms in total. The van der Waals surface area contributed by atoms with Gasteiger partial charge in [0, 0.05) is 5.41 Å². The molecule has 0 fully saturated rings. The summed E-state index contributed by atoms with van der Waals surface area (Å²) in [5.74, 6) is 0.883. The molecule has 0 bridgehead atoms. The molecule has 1 unspecified atom stereocenters. The Labute approximate surface area is 116 Å². The van der Waals surface area contributed by atoms with E-state index in [1.54, 1.807) is 0 Å². The van der Waals surface area contributed by atoms with Crippen molar-refractivity contribution in [1.29, 1.82) is 0 Å². The SMILES string of the molecule is CCCCCCC(C)(CCCC)c1ocnc1Cl. The van der Waals surface area contributed by atoms with Gasteiger partial charge in [0.1, 0.15) is 5.76 Å². The Morgan fingerprint density at radius 3 is 2.33 bits per heavy atom. The third kappa shape index (κ3) is 4.31. The Bertz CT molecular complexity index is 337. The summed E-state index contributed by atoms with van der Waals surface area (Å²) >= 11 is 6.14. The van der Waals surface area contributed by atoms with Crippen molar-refractivity contribution in [2.45, 2.75) is 77.6 Å². The monoisotopic (exact) mass is 271 g/mol. The lowest BCUT2D eigenvalue weighted by molar-refractivity contribution is 0.301. The Kier molecular flexibility index (Phi) is 6.77. The van der Waals surface area contributed by atoms with E-state index < -0.39 is 0 Å². The van der Waals surface area contributed by atoms with Crippen LogP contribution in [0.4, 0.5) is 0 Å². The summed E-state index contributed by atoms with van der Waals surface area (Å²) in [4.78, 5) is 4.03. The fourth-order valence-corrected chi connectivity index (χ4v) is 2.80. The molecule has 0 spiro atoms. The van der Waals surface area contributed by atoms with Gasteiger partial charge < -0.3 is 4.42 Å². The highest BCUT2D eigenvalue weighted by atomic mass is 35.5. The molecule has 0 N–H and O–H groups in total. The van der Waals surface area contributed by atoms with Crippen molar-refractivity contribution in [3.05, 3.63) is 17.3 Å².